The second-order valence-corrected chi connectivity index (χ2v) is 5.04. The van der Waals surface area contributed by atoms with E-state index in [1.807, 2.05) is 11.8 Å². The highest BCUT2D eigenvalue weighted by Gasteiger charge is 2.38. The molecule has 2 saturated heterocycles. The summed E-state index contributed by atoms with van der Waals surface area (Å²) in [6, 6.07) is 0. The Kier molecular flexibility index (Phi) is 2.79. The van der Waals surface area contributed by atoms with Gasteiger partial charge in [-0.15, -0.1) is 0 Å². The minimum atomic E-state index is -0.619. The normalized spacial score (nSPS) is 39.5. The van der Waals surface area contributed by atoms with Gasteiger partial charge in [-0.25, -0.2) is 0 Å². The van der Waals surface area contributed by atoms with Gasteiger partial charge in [-0.3, -0.25) is 4.79 Å². The predicted octanol–water partition coefficient (Wildman–Crippen LogP) is 0.660. The van der Waals surface area contributed by atoms with E-state index >= 15 is 0 Å². The number of carboxylic acid groups (broad SMARTS) is 1. The van der Waals surface area contributed by atoms with Gasteiger partial charge in [0.25, 0.3) is 0 Å². The van der Waals surface area contributed by atoms with Crippen molar-refractivity contribution in [2.45, 2.75) is 6.42 Å². The predicted molar refractivity (Wildman–Crippen MR) is 52.9 cm³/mol. The van der Waals surface area contributed by atoms with Crippen LogP contribution in [0.3, 0.4) is 0 Å². The van der Waals surface area contributed by atoms with Gasteiger partial charge in [-0.1, -0.05) is 0 Å². The Hall–Kier alpha value is -0.220. The molecular weight excluding hydrogens is 186 g/mol. The number of hydrogen-bond donors (Lipinski definition) is 2. The zero-order chi connectivity index (χ0) is 9.26. The van der Waals surface area contributed by atoms with Gasteiger partial charge < -0.3 is 10.4 Å². The molecule has 2 N–H and O–H groups in total. The number of aliphatic carboxylic acids is 1. The van der Waals surface area contributed by atoms with E-state index in [0.29, 0.717) is 18.4 Å². The molecule has 2 aliphatic heterocycles. The van der Waals surface area contributed by atoms with Gasteiger partial charge >= 0.3 is 5.97 Å². The Morgan fingerprint density at radius 3 is 2.92 bits per heavy atom. The first-order valence-corrected chi connectivity index (χ1v) is 5.96. The fourth-order valence-electron chi connectivity index (χ4n) is 2.36. The lowest BCUT2D eigenvalue weighted by Crippen LogP contribution is -2.28. The fraction of sp³-hybridized carbons (Fsp3) is 0.889. The lowest BCUT2D eigenvalue weighted by molar-refractivity contribution is -0.142. The molecule has 74 valence electrons. The summed E-state index contributed by atoms with van der Waals surface area (Å²) in [7, 11) is 0. The molecule has 13 heavy (non-hydrogen) atoms. The molecule has 3 nitrogen and oxygen atoms in total. The third-order valence-electron chi connectivity index (χ3n) is 3.15. The number of carboxylic acids is 1. The topological polar surface area (TPSA) is 49.3 Å². The van der Waals surface area contributed by atoms with E-state index in [4.69, 9.17) is 5.11 Å². The first-order chi connectivity index (χ1) is 6.29. The fourth-order valence-corrected chi connectivity index (χ4v) is 3.71. The van der Waals surface area contributed by atoms with Crippen LogP contribution in [0.1, 0.15) is 6.42 Å². The number of nitrogens with one attached hydrogen (secondary N) is 1. The molecule has 0 aromatic heterocycles. The van der Waals surface area contributed by atoms with Crippen molar-refractivity contribution >= 4 is 17.7 Å². The second-order valence-electron chi connectivity index (χ2n) is 3.89. The van der Waals surface area contributed by atoms with Crippen LogP contribution < -0.4 is 5.32 Å². The van der Waals surface area contributed by atoms with Crippen LogP contribution in [0.15, 0.2) is 0 Å². The number of carbonyl (C=O) groups is 1. The van der Waals surface area contributed by atoms with Gasteiger partial charge in [-0.05, 0) is 36.3 Å². The zero-order valence-electron chi connectivity index (χ0n) is 7.53. The average Bonchev–Trinajstić information content (AvgIpc) is 2.74. The number of thioether (sulfide) groups is 1. The van der Waals surface area contributed by atoms with Gasteiger partial charge in [0.1, 0.15) is 0 Å². The van der Waals surface area contributed by atoms with Crippen LogP contribution in [-0.4, -0.2) is 35.7 Å². The van der Waals surface area contributed by atoms with E-state index in [9.17, 15) is 4.79 Å². The SMILES string of the molecule is O=C(O)C1CNCC1C1CCSC1. The molecule has 3 unspecified atom stereocenters. The summed E-state index contributed by atoms with van der Waals surface area (Å²) in [6.07, 6.45) is 1.21. The quantitative estimate of drug-likeness (QED) is 0.689. The third-order valence-corrected chi connectivity index (χ3v) is 4.34. The summed E-state index contributed by atoms with van der Waals surface area (Å²) < 4.78 is 0. The van der Waals surface area contributed by atoms with Gasteiger partial charge in [0.05, 0.1) is 5.92 Å². The molecule has 0 aliphatic carbocycles. The highest BCUT2D eigenvalue weighted by atomic mass is 32.2. The van der Waals surface area contributed by atoms with Crippen LogP contribution in [0.4, 0.5) is 0 Å². The third kappa shape index (κ3) is 1.83. The van der Waals surface area contributed by atoms with Crippen molar-refractivity contribution in [1.82, 2.24) is 5.32 Å². The first kappa shape index (κ1) is 9.34. The average molecular weight is 201 g/mol. The molecule has 2 rings (SSSR count). The Balaban J connectivity index is 2.00. The molecule has 2 heterocycles. The summed E-state index contributed by atoms with van der Waals surface area (Å²) in [6.45, 7) is 1.57. The Morgan fingerprint density at radius 2 is 2.31 bits per heavy atom. The van der Waals surface area contributed by atoms with E-state index in [1.165, 1.54) is 12.2 Å². The van der Waals surface area contributed by atoms with Crippen molar-refractivity contribution in [3.8, 4) is 0 Å². The Bertz CT molecular complexity index is 204. The minimum Gasteiger partial charge on any atom is -0.481 e. The van der Waals surface area contributed by atoms with Crippen LogP contribution in [0.25, 0.3) is 0 Å². The van der Waals surface area contributed by atoms with E-state index in [2.05, 4.69) is 5.32 Å². The van der Waals surface area contributed by atoms with E-state index < -0.39 is 5.97 Å². The number of rotatable bonds is 2. The monoisotopic (exact) mass is 201 g/mol. The molecule has 0 radical (unpaired) electrons. The molecule has 4 heteroatoms. The molecule has 0 aromatic carbocycles. The zero-order valence-corrected chi connectivity index (χ0v) is 8.35. The molecule has 0 bridgehead atoms. The molecule has 0 saturated carbocycles. The van der Waals surface area contributed by atoms with E-state index in [0.717, 1.165) is 12.3 Å². The summed E-state index contributed by atoms with van der Waals surface area (Å²) in [5, 5.41) is 12.2. The van der Waals surface area contributed by atoms with Crippen LogP contribution in [-0.2, 0) is 4.79 Å². The minimum absolute atomic E-state index is 0.135. The van der Waals surface area contributed by atoms with E-state index in [1.54, 1.807) is 0 Å². The van der Waals surface area contributed by atoms with Gasteiger partial charge in [0, 0.05) is 6.54 Å². The van der Waals surface area contributed by atoms with Gasteiger partial charge in [-0.2, -0.15) is 11.8 Å². The maximum absolute atomic E-state index is 10.9. The summed E-state index contributed by atoms with van der Waals surface area (Å²) in [5.41, 5.74) is 0. The van der Waals surface area contributed by atoms with Crippen molar-refractivity contribution in [1.29, 1.82) is 0 Å². The standard InChI is InChI=1S/C9H15NO2S/c11-9(12)8-4-10-3-7(8)6-1-2-13-5-6/h6-8,10H,1-5H2,(H,11,12). The maximum atomic E-state index is 10.9. The van der Waals surface area contributed by atoms with Crippen molar-refractivity contribution < 1.29 is 9.90 Å². The lowest BCUT2D eigenvalue weighted by Gasteiger charge is -2.20. The molecule has 2 fully saturated rings. The summed E-state index contributed by atoms with van der Waals surface area (Å²) in [4.78, 5) is 10.9. The van der Waals surface area contributed by atoms with Crippen LogP contribution >= 0.6 is 11.8 Å². The highest BCUT2D eigenvalue weighted by Crippen LogP contribution is 2.35. The van der Waals surface area contributed by atoms with Crippen LogP contribution in [0, 0.1) is 17.8 Å². The molecule has 3 atom stereocenters. The van der Waals surface area contributed by atoms with Crippen molar-refractivity contribution in [3.63, 3.8) is 0 Å². The smallest absolute Gasteiger partial charge is 0.308 e. The lowest BCUT2D eigenvalue weighted by atomic mass is 9.84. The first-order valence-electron chi connectivity index (χ1n) is 4.80. The Labute approximate surface area is 82.3 Å². The van der Waals surface area contributed by atoms with Crippen molar-refractivity contribution in [2.75, 3.05) is 24.6 Å². The number of hydrogen-bond acceptors (Lipinski definition) is 3. The molecule has 0 spiro atoms. The maximum Gasteiger partial charge on any atom is 0.308 e. The van der Waals surface area contributed by atoms with Gasteiger partial charge in [0.2, 0.25) is 0 Å². The summed E-state index contributed by atoms with van der Waals surface area (Å²) >= 11 is 1.96. The summed E-state index contributed by atoms with van der Waals surface area (Å²) in [5.74, 6) is 2.65. The second kappa shape index (κ2) is 3.88. The van der Waals surface area contributed by atoms with Crippen molar-refractivity contribution in [3.05, 3.63) is 0 Å². The van der Waals surface area contributed by atoms with Gasteiger partial charge in [0.15, 0.2) is 0 Å². The van der Waals surface area contributed by atoms with E-state index in [-0.39, 0.29) is 5.92 Å². The Morgan fingerprint density at radius 1 is 1.46 bits per heavy atom. The molecule has 0 aromatic rings. The largest absolute Gasteiger partial charge is 0.481 e. The highest BCUT2D eigenvalue weighted by molar-refractivity contribution is 7.99. The molecular formula is C9H15NO2S. The molecule has 0 amide bonds. The molecule has 2 aliphatic rings. The van der Waals surface area contributed by atoms with Crippen molar-refractivity contribution in [2.24, 2.45) is 17.8 Å². The van der Waals surface area contributed by atoms with Crippen LogP contribution in [0.5, 0.6) is 0 Å². The van der Waals surface area contributed by atoms with Crippen LogP contribution in [0.2, 0.25) is 0 Å².